The molecule has 118 valence electrons. The molecule has 0 bridgehead atoms. The molecule has 1 aromatic rings. The van der Waals surface area contributed by atoms with Crippen LogP contribution in [0.25, 0.3) is 0 Å². The minimum absolute atomic E-state index is 0.178. The average molecular weight is 307 g/mol. The zero-order chi connectivity index (χ0) is 15.1. The van der Waals surface area contributed by atoms with E-state index in [4.69, 9.17) is 0 Å². The van der Waals surface area contributed by atoms with Gasteiger partial charge < -0.3 is 10.2 Å². The third-order valence-corrected chi connectivity index (χ3v) is 4.82. The molecule has 0 radical (unpaired) electrons. The van der Waals surface area contributed by atoms with Gasteiger partial charge in [0.15, 0.2) is 0 Å². The Bertz CT molecular complexity index is 419. The summed E-state index contributed by atoms with van der Waals surface area (Å²) in [7, 11) is 0. The van der Waals surface area contributed by atoms with Crippen LogP contribution in [0, 0.1) is 0 Å². The highest BCUT2D eigenvalue weighted by atomic mass is 32.2. The van der Waals surface area contributed by atoms with E-state index in [1.807, 2.05) is 11.8 Å². The zero-order valence-corrected chi connectivity index (χ0v) is 14.6. The Hall–Kier alpha value is -0.510. The smallest absolute Gasteiger partial charge is 0.0210 e. The van der Waals surface area contributed by atoms with Gasteiger partial charge in [-0.25, -0.2) is 0 Å². The van der Waals surface area contributed by atoms with Crippen molar-refractivity contribution in [3.05, 3.63) is 29.8 Å². The maximum absolute atomic E-state index is 3.56. The Morgan fingerprint density at radius 1 is 1.14 bits per heavy atom. The molecule has 1 heterocycles. The summed E-state index contributed by atoms with van der Waals surface area (Å²) in [5.41, 5.74) is 1.56. The molecule has 0 atom stereocenters. The van der Waals surface area contributed by atoms with Crippen LogP contribution in [0.1, 0.15) is 45.6 Å². The molecule has 0 spiro atoms. The number of benzene rings is 1. The predicted octanol–water partition coefficient (Wildman–Crippen LogP) is 4.15. The Morgan fingerprint density at radius 3 is 2.62 bits per heavy atom. The highest BCUT2D eigenvalue weighted by molar-refractivity contribution is 7.99. The number of likely N-dealkylation sites (tertiary alicyclic amines) is 1. The van der Waals surface area contributed by atoms with Gasteiger partial charge in [0.05, 0.1) is 0 Å². The molecule has 0 aromatic heterocycles. The molecular weight excluding hydrogens is 276 g/mol. The van der Waals surface area contributed by atoms with E-state index in [1.165, 1.54) is 55.1 Å². The molecule has 0 aliphatic carbocycles. The van der Waals surface area contributed by atoms with E-state index in [0.717, 1.165) is 6.54 Å². The first-order valence-electron chi connectivity index (χ1n) is 8.22. The Morgan fingerprint density at radius 2 is 1.90 bits per heavy atom. The van der Waals surface area contributed by atoms with Crippen molar-refractivity contribution in [1.29, 1.82) is 0 Å². The third-order valence-electron chi connectivity index (χ3n) is 3.85. The molecule has 1 aromatic carbocycles. The normalized spacial score (nSPS) is 17.1. The fourth-order valence-corrected chi connectivity index (χ4v) is 3.58. The first-order valence-corrected chi connectivity index (χ1v) is 9.21. The fourth-order valence-electron chi connectivity index (χ4n) is 2.59. The van der Waals surface area contributed by atoms with Gasteiger partial charge in [0, 0.05) is 29.3 Å². The van der Waals surface area contributed by atoms with Crippen LogP contribution in [-0.4, -0.2) is 35.8 Å². The van der Waals surface area contributed by atoms with Crippen molar-refractivity contribution in [2.75, 3.05) is 25.4 Å². The van der Waals surface area contributed by atoms with Gasteiger partial charge in [0.1, 0.15) is 0 Å². The van der Waals surface area contributed by atoms with Crippen molar-refractivity contribution in [3.8, 4) is 0 Å². The van der Waals surface area contributed by atoms with Crippen LogP contribution in [0.2, 0.25) is 0 Å². The van der Waals surface area contributed by atoms with Crippen molar-refractivity contribution in [1.82, 2.24) is 10.2 Å². The van der Waals surface area contributed by atoms with Crippen LogP contribution < -0.4 is 5.32 Å². The molecule has 1 fully saturated rings. The minimum Gasteiger partial charge on any atom is -0.308 e. The van der Waals surface area contributed by atoms with Crippen molar-refractivity contribution in [2.45, 2.75) is 57.0 Å². The molecule has 1 aliphatic rings. The lowest BCUT2D eigenvalue weighted by atomic mass is 10.1. The van der Waals surface area contributed by atoms with Gasteiger partial charge in [-0.1, -0.05) is 18.6 Å². The summed E-state index contributed by atoms with van der Waals surface area (Å²) in [5.74, 6) is 1.20. The van der Waals surface area contributed by atoms with Gasteiger partial charge >= 0.3 is 0 Å². The molecule has 1 N–H and O–H groups in total. The highest BCUT2D eigenvalue weighted by Gasteiger charge is 2.10. The van der Waals surface area contributed by atoms with Crippen molar-refractivity contribution in [3.63, 3.8) is 0 Å². The molecule has 21 heavy (non-hydrogen) atoms. The van der Waals surface area contributed by atoms with Crippen LogP contribution in [-0.2, 0) is 6.54 Å². The largest absolute Gasteiger partial charge is 0.308 e. The van der Waals surface area contributed by atoms with Crippen LogP contribution in [0.3, 0.4) is 0 Å². The number of hydrogen-bond donors (Lipinski definition) is 1. The first-order chi connectivity index (χ1) is 10.0. The van der Waals surface area contributed by atoms with Crippen molar-refractivity contribution >= 4 is 11.8 Å². The Kier molecular flexibility index (Phi) is 6.59. The molecule has 2 rings (SSSR count). The second kappa shape index (κ2) is 8.21. The number of thioether (sulfide) groups is 1. The van der Waals surface area contributed by atoms with Gasteiger partial charge in [0.25, 0.3) is 0 Å². The second-order valence-corrected chi connectivity index (χ2v) is 8.17. The third kappa shape index (κ3) is 6.86. The number of nitrogens with zero attached hydrogens (tertiary/aromatic N) is 1. The summed E-state index contributed by atoms with van der Waals surface area (Å²) < 4.78 is 0. The summed E-state index contributed by atoms with van der Waals surface area (Å²) in [4.78, 5) is 4.02. The van der Waals surface area contributed by atoms with Crippen LogP contribution in [0.15, 0.2) is 29.2 Å². The molecule has 2 nitrogen and oxygen atoms in total. The molecule has 0 amide bonds. The van der Waals surface area contributed by atoms with Crippen LogP contribution >= 0.6 is 11.8 Å². The van der Waals surface area contributed by atoms with Gasteiger partial charge in [-0.3, -0.25) is 0 Å². The highest BCUT2D eigenvalue weighted by Crippen LogP contribution is 2.20. The number of hydrogen-bond acceptors (Lipinski definition) is 3. The van der Waals surface area contributed by atoms with Crippen LogP contribution in [0.5, 0.6) is 0 Å². The van der Waals surface area contributed by atoms with E-state index < -0.39 is 0 Å². The number of nitrogens with one attached hydrogen (secondary N) is 1. The average Bonchev–Trinajstić information content (AvgIpc) is 2.46. The zero-order valence-electron chi connectivity index (χ0n) is 13.8. The monoisotopic (exact) mass is 306 g/mol. The summed E-state index contributed by atoms with van der Waals surface area (Å²) >= 11 is 1.99. The minimum atomic E-state index is 0.178. The standard InChI is InChI=1S/C18H30N2S/c1-18(2,3)19-15-16-8-7-9-17(14-16)21-13-12-20-10-5-4-6-11-20/h7-9,14,19H,4-6,10-13,15H2,1-3H3. The van der Waals surface area contributed by atoms with E-state index in [9.17, 15) is 0 Å². The summed E-state index contributed by atoms with van der Waals surface area (Å²) in [6, 6.07) is 8.97. The Labute approximate surface area is 134 Å². The quantitative estimate of drug-likeness (QED) is 0.795. The van der Waals surface area contributed by atoms with Gasteiger partial charge in [-0.05, 0) is 64.4 Å². The summed E-state index contributed by atoms with van der Waals surface area (Å²) in [6.07, 6.45) is 4.20. The van der Waals surface area contributed by atoms with Gasteiger partial charge in [0.2, 0.25) is 0 Å². The number of piperidine rings is 1. The lowest BCUT2D eigenvalue weighted by molar-refractivity contribution is 0.242. The van der Waals surface area contributed by atoms with E-state index in [0.29, 0.717) is 0 Å². The van der Waals surface area contributed by atoms with Gasteiger partial charge in [-0.15, -0.1) is 11.8 Å². The topological polar surface area (TPSA) is 15.3 Å². The maximum Gasteiger partial charge on any atom is 0.0210 e. The van der Waals surface area contributed by atoms with E-state index in [-0.39, 0.29) is 5.54 Å². The molecule has 0 unspecified atom stereocenters. The molecule has 1 aliphatic heterocycles. The fraction of sp³-hybridized carbons (Fsp3) is 0.667. The SMILES string of the molecule is CC(C)(C)NCc1cccc(SCCN2CCCCC2)c1. The Balaban J connectivity index is 1.75. The lowest BCUT2D eigenvalue weighted by Gasteiger charge is -2.26. The summed E-state index contributed by atoms with van der Waals surface area (Å²) in [6.45, 7) is 11.4. The molecular formula is C18H30N2S. The van der Waals surface area contributed by atoms with Gasteiger partial charge in [-0.2, -0.15) is 0 Å². The molecule has 0 saturated carbocycles. The molecule has 1 saturated heterocycles. The van der Waals surface area contributed by atoms with E-state index >= 15 is 0 Å². The van der Waals surface area contributed by atoms with Crippen LogP contribution in [0.4, 0.5) is 0 Å². The summed E-state index contributed by atoms with van der Waals surface area (Å²) in [5, 5.41) is 3.56. The maximum atomic E-state index is 3.56. The van der Waals surface area contributed by atoms with E-state index in [1.54, 1.807) is 0 Å². The first kappa shape index (κ1) is 16.9. The lowest BCUT2D eigenvalue weighted by Crippen LogP contribution is -2.35. The van der Waals surface area contributed by atoms with E-state index in [2.05, 4.69) is 55.3 Å². The number of rotatable bonds is 6. The second-order valence-electron chi connectivity index (χ2n) is 7.00. The van der Waals surface area contributed by atoms with Crippen molar-refractivity contribution in [2.24, 2.45) is 0 Å². The molecule has 3 heteroatoms. The van der Waals surface area contributed by atoms with Crippen molar-refractivity contribution < 1.29 is 0 Å². The predicted molar refractivity (Wildman–Crippen MR) is 94.0 cm³/mol.